The highest BCUT2D eigenvalue weighted by atomic mass is 16.5. The van der Waals surface area contributed by atoms with Crippen LogP contribution in [-0.2, 0) is 17.8 Å². The molecule has 0 radical (unpaired) electrons. The van der Waals surface area contributed by atoms with Crippen LogP contribution in [0.15, 0.2) is 42.5 Å². The minimum Gasteiger partial charge on any atom is -0.496 e. The lowest BCUT2D eigenvalue weighted by molar-refractivity contribution is -0.133. The maximum absolute atomic E-state index is 12.8. The second-order valence-corrected chi connectivity index (χ2v) is 6.79. The summed E-state index contributed by atoms with van der Waals surface area (Å²) >= 11 is 0. The Bertz CT molecular complexity index is 786. The van der Waals surface area contributed by atoms with Crippen molar-refractivity contribution in [1.82, 2.24) is 4.90 Å². The minimum absolute atomic E-state index is 0.185. The Morgan fingerprint density at radius 2 is 1.67 bits per heavy atom. The number of ether oxygens (including phenoxy) is 3. The molecule has 0 atom stereocenters. The van der Waals surface area contributed by atoms with Crippen LogP contribution >= 0.6 is 0 Å². The number of carbonyl (C=O) groups is 1. The van der Waals surface area contributed by atoms with Crippen LogP contribution in [0.5, 0.6) is 17.2 Å². The lowest BCUT2D eigenvalue weighted by Crippen LogP contribution is -2.33. The Balaban J connectivity index is 1.73. The Kier molecular flexibility index (Phi) is 6.22. The van der Waals surface area contributed by atoms with Gasteiger partial charge < -0.3 is 19.1 Å². The van der Waals surface area contributed by atoms with E-state index in [1.54, 1.807) is 21.3 Å². The molecule has 2 aromatic rings. The topological polar surface area (TPSA) is 48.0 Å². The predicted octanol–water partition coefficient (Wildman–Crippen LogP) is 3.69. The van der Waals surface area contributed by atoms with E-state index in [0.29, 0.717) is 24.6 Å². The van der Waals surface area contributed by atoms with Crippen molar-refractivity contribution < 1.29 is 19.0 Å². The molecule has 1 saturated carbocycles. The normalized spacial score (nSPS) is 13.1. The zero-order valence-electron chi connectivity index (χ0n) is 16.2. The van der Waals surface area contributed by atoms with Gasteiger partial charge in [-0.05, 0) is 43.0 Å². The number of benzene rings is 2. The highest BCUT2D eigenvalue weighted by Crippen LogP contribution is 2.33. The van der Waals surface area contributed by atoms with Gasteiger partial charge in [-0.1, -0.05) is 24.3 Å². The molecule has 5 nitrogen and oxygen atoms in total. The van der Waals surface area contributed by atoms with Crippen molar-refractivity contribution >= 4 is 5.91 Å². The van der Waals surface area contributed by atoms with Gasteiger partial charge in [-0.3, -0.25) is 4.79 Å². The van der Waals surface area contributed by atoms with Crippen LogP contribution in [0, 0.1) is 5.92 Å². The van der Waals surface area contributed by atoms with Crippen molar-refractivity contribution in [3.05, 3.63) is 53.6 Å². The lowest BCUT2D eigenvalue weighted by Gasteiger charge is -2.24. The predicted molar refractivity (Wildman–Crippen MR) is 104 cm³/mol. The van der Waals surface area contributed by atoms with Crippen LogP contribution in [0.2, 0.25) is 0 Å². The summed E-state index contributed by atoms with van der Waals surface area (Å²) in [6.45, 7) is 1.22. The second-order valence-electron chi connectivity index (χ2n) is 6.79. The molecule has 0 aliphatic heterocycles. The molecule has 0 unspecified atom stereocenters. The lowest BCUT2D eigenvalue weighted by atomic mass is 10.1. The second kappa shape index (κ2) is 8.80. The number of hydrogen-bond donors (Lipinski definition) is 0. The standard InChI is InChI=1S/C22H27NO4/c1-25-19-7-5-4-6-18(19)15-23(22(24)17-9-10-17)13-12-16-8-11-20(26-2)21(14-16)27-3/h4-8,11,14,17H,9-10,12-13,15H2,1-3H3. The van der Waals surface area contributed by atoms with Gasteiger partial charge in [-0.2, -0.15) is 0 Å². The molecule has 1 amide bonds. The van der Waals surface area contributed by atoms with Crippen LogP contribution in [-0.4, -0.2) is 38.7 Å². The molecule has 2 aromatic carbocycles. The van der Waals surface area contributed by atoms with Gasteiger partial charge in [0.1, 0.15) is 5.75 Å². The number of amides is 1. The zero-order valence-corrected chi connectivity index (χ0v) is 16.2. The molecule has 5 heteroatoms. The van der Waals surface area contributed by atoms with E-state index >= 15 is 0 Å². The van der Waals surface area contributed by atoms with Crippen LogP contribution in [0.1, 0.15) is 24.0 Å². The SMILES string of the molecule is COc1ccccc1CN(CCc1ccc(OC)c(OC)c1)C(=O)C1CC1. The fourth-order valence-electron chi connectivity index (χ4n) is 3.20. The van der Waals surface area contributed by atoms with Gasteiger partial charge in [0.05, 0.1) is 21.3 Å². The molecular weight excluding hydrogens is 342 g/mol. The number of carbonyl (C=O) groups excluding carboxylic acids is 1. The summed E-state index contributed by atoms with van der Waals surface area (Å²) in [6, 6.07) is 13.8. The molecular formula is C22H27NO4. The fourth-order valence-corrected chi connectivity index (χ4v) is 3.20. The molecule has 0 spiro atoms. The van der Waals surface area contributed by atoms with E-state index in [1.165, 1.54) is 0 Å². The number of rotatable bonds is 9. The van der Waals surface area contributed by atoms with Gasteiger partial charge >= 0.3 is 0 Å². The maximum atomic E-state index is 12.8. The van der Waals surface area contributed by atoms with E-state index in [2.05, 4.69) is 0 Å². The summed E-state index contributed by atoms with van der Waals surface area (Å²) in [7, 11) is 4.92. The van der Waals surface area contributed by atoms with Crippen LogP contribution in [0.25, 0.3) is 0 Å². The van der Waals surface area contributed by atoms with Gasteiger partial charge in [0.2, 0.25) is 5.91 Å². The molecule has 27 heavy (non-hydrogen) atoms. The monoisotopic (exact) mass is 369 g/mol. The zero-order chi connectivity index (χ0) is 19.2. The number of hydrogen-bond acceptors (Lipinski definition) is 4. The molecule has 0 N–H and O–H groups in total. The molecule has 1 fully saturated rings. The Morgan fingerprint density at radius 1 is 0.963 bits per heavy atom. The first kappa shape index (κ1) is 19.1. The van der Waals surface area contributed by atoms with Crippen LogP contribution < -0.4 is 14.2 Å². The average molecular weight is 369 g/mol. The summed E-state index contributed by atoms with van der Waals surface area (Å²) in [5.74, 6) is 2.66. The molecule has 1 aliphatic carbocycles. The van der Waals surface area contributed by atoms with E-state index < -0.39 is 0 Å². The molecule has 3 rings (SSSR count). The number of nitrogens with zero attached hydrogens (tertiary/aromatic N) is 1. The third kappa shape index (κ3) is 4.73. The summed E-state index contributed by atoms with van der Waals surface area (Å²) in [6.07, 6.45) is 2.75. The first-order valence-electron chi connectivity index (χ1n) is 9.27. The Labute approximate surface area is 160 Å². The molecule has 144 valence electrons. The van der Waals surface area contributed by atoms with Gasteiger partial charge in [-0.25, -0.2) is 0 Å². The summed E-state index contributed by atoms with van der Waals surface area (Å²) < 4.78 is 16.1. The fraction of sp³-hybridized carbons (Fsp3) is 0.409. The van der Waals surface area contributed by atoms with Gasteiger partial charge in [0.15, 0.2) is 11.5 Å². The number of para-hydroxylation sites is 1. The van der Waals surface area contributed by atoms with Crippen LogP contribution in [0.3, 0.4) is 0 Å². The van der Waals surface area contributed by atoms with E-state index in [4.69, 9.17) is 14.2 Å². The highest BCUT2D eigenvalue weighted by Gasteiger charge is 2.33. The van der Waals surface area contributed by atoms with E-state index in [1.807, 2.05) is 47.4 Å². The average Bonchev–Trinajstić information content (AvgIpc) is 3.56. The largest absolute Gasteiger partial charge is 0.496 e. The maximum Gasteiger partial charge on any atom is 0.225 e. The van der Waals surface area contributed by atoms with Crippen molar-refractivity contribution in [1.29, 1.82) is 0 Å². The van der Waals surface area contributed by atoms with E-state index in [-0.39, 0.29) is 11.8 Å². The van der Waals surface area contributed by atoms with Crippen molar-refractivity contribution in [2.24, 2.45) is 5.92 Å². The molecule has 1 aliphatic rings. The van der Waals surface area contributed by atoms with E-state index in [9.17, 15) is 4.79 Å². The molecule has 0 heterocycles. The summed E-state index contributed by atoms with van der Waals surface area (Å²) in [5.41, 5.74) is 2.14. The van der Waals surface area contributed by atoms with Crippen molar-refractivity contribution in [2.75, 3.05) is 27.9 Å². The Hall–Kier alpha value is -2.69. The quantitative estimate of drug-likeness (QED) is 0.676. The van der Waals surface area contributed by atoms with Gasteiger partial charge in [-0.15, -0.1) is 0 Å². The first-order valence-corrected chi connectivity index (χ1v) is 9.27. The van der Waals surface area contributed by atoms with Gasteiger partial charge in [0, 0.05) is 24.6 Å². The number of methoxy groups -OCH3 is 3. The third-order valence-corrected chi connectivity index (χ3v) is 4.91. The molecule has 0 saturated heterocycles. The van der Waals surface area contributed by atoms with E-state index in [0.717, 1.165) is 36.1 Å². The minimum atomic E-state index is 0.185. The van der Waals surface area contributed by atoms with Gasteiger partial charge in [0.25, 0.3) is 0 Å². The Morgan fingerprint density at radius 3 is 2.33 bits per heavy atom. The summed E-state index contributed by atoms with van der Waals surface area (Å²) in [5, 5.41) is 0. The third-order valence-electron chi connectivity index (χ3n) is 4.91. The molecule has 0 bridgehead atoms. The highest BCUT2D eigenvalue weighted by molar-refractivity contribution is 5.81. The van der Waals surface area contributed by atoms with Crippen molar-refractivity contribution in [3.8, 4) is 17.2 Å². The van der Waals surface area contributed by atoms with Crippen LogP contribution in [0.4, 0.5) is 0 Å². The van der Waals surface area contributed by atoms with Crippen molar-refractivity contribution in [3.63, 3.8) is 0 Å². The first-order chi connectivity index (χ1) is 13.2. The smallest absolute Gasteiger partial charge is 0.225 e. The molecule has 0 aromatic heterocycles. The summed E-state index contributed by atoms with van der Waals surface area (Å²) in [4.78, 5) is 14.7. The van der Waals surface area contributed by atoms with Crippen molar-refractivity contribution in [2.45, 2.75) is 25.8 Å².